The quantitative estimate of drug-likeness (QED) is 0.316. The van der Waals surface area contributed by atoms with Crippen LogP contribution in [0.2, 0.25) is 0 Å². The monoisotopic (exact) mass is 581 g/mol. The number of ether oxygens (including phenoxy) is 1. The lowest BCUT2D eigenvalue weighted by molar-refractivity contribution is -0.141. The summed E-state index contributed by atoms with van der Waals surface area (Å²) >= 11 is 0. The van der Waals surface area contributed by atoms with E-state index in [0.717, 1.165) is 18.4 Å². The molecule has 2 amide bonds. The number of hydrogen-bond donors (Lipinski definition) is 2. The lowest BCUT2D eigenvalue weighted by Gasteiger charge is -2.32. The second-order valence-corrected chi connectivity index (χ2v) is 11.8. The summed E-state index contributed by atoms with van der Waals surface area (Å²) in [4.78, 5) is 29.2. The molecule has 2 N–H and O–H groups in total. The van der Waals surface area contributed by atoms with Gasteiger partial charge >= 0.3 is 0 Å². The topological polar surface area (TPSA) is 105 Å². The van der Waals surface area contributed by atoms with Crippen LogP contribution in [0.3, 0.4) is 0 Å². The first-order valence-electron chi connectivity index (χ1n) is 13.8. The van der Waals surface area contributed by atoms with E-state index in [1.54, 1.807) is 31.2 Å². The van der Waals surface area contributed by atoms with Crippen molar-refractivity contribution in [3.8, 4) is 0 Å². The minimum atomic E-state index is -3.58. The fraction of sp³-hybridized carbons (Fsp3) is 0.355. The number of sulfonamides is 1. The zero-order chi connectivity index (χ0) is 29.2. The Hall–Kier alpha value is -3.60. The normalized spacial score (nSPS) is 15.8. The first kappa shape index (κ1) is 30.4. The van der Waals surface area contributed by atoms with Crippen LogP contribution in [0.4, 0.5) is 4.39 Å². The molecule has 4 rings (SSSR count). The van der Waals surface area contributed by atoms with Gasteiger partial charge < -0.3 is 15.0 Å². The fourth-order valence-electron chi connectivity index (χ4n) is 4.84. The molecule has 2 atom stereocenters. The summed E-state index contributed by atoms with van der Waals surface area (Å²) in [5.74, 6) is -0.972. The van der Waals surface area contributed by atoms with E-state index in [2.05, 4.69) is 10.0 Å². The Balaban J connectivity index is 1.57. The van der Waals surface area contributed by atoms with Crippen LogP contribution in [-0.4, -0.2) is 50.9 Å². The second-order valence-electron chi connectivity index (χ2n) is 9.99. The van der Waals surface area contributed by atoms with E-state index in [0.29, 0.717) is 30.7 Å². The summed E-state index contributed by atoms with van der Waals surface area (Å²) in [5, 5.41) is 2.98. The Morgan fingerprint density at radius 3 is 2.32 bits per heavy atom. The molecule has 0 aromatic heterocycles. The third-order valence-corrected chi connectivity index (χ3v) is 8.55. The molecule has 1 aliphatic heterocycles. The number of rotatable bonds is 13. The van der Waals surface area contributed by atoms with E-state index in [-0.39, 0.29) is 48.1 Å². The Bertz CT molecular complexity index is 1390. The van der Waals surface area contributed by atoms with Crippen LogP contribution in [0.5, 0.6) is 0 Å². The molecule has 0 spiro atoms. The number of aryl methyl sites for hydroxylation is 1. The molecule has 0 aliphatic carbocycles. The molecule has 0 unspecified atom stereocenters. The van der Waals surface area contributed by atoms with Gasteiger partial charge in [-0.3, -0.25) is 9.59 Å². The SMILES string of the molecule is CCNS(=O)(=O)c1ccc(CCC(=O)N(Cc2ccc(F)cc2)[C@H](C(=O)NC[C@H]2CCCO2)c2ccccc2)cc1. The number of carbonyl (C=O) groups is 2. The van der Waals surface area contributed by atoms with Crippen molar-refractivity contribution in [3.63, 3.8) is 0 Å². The molecule has 0 saturated carbocycles. The van der Waals surface area contributed by atoms with Gasteiger partial charge in [-0.1, -0.05) is 61.5 Å². The maximum atomic E-state index is 13.8. The maximum absolute atomic E-state index is 13.8. The number of halogens is 1. The van der Waals surface area contributed by atoms with E-state index >= 15 is 0 Å². The van der Waals surface area contributed by atoms with Gasteiger partial charge in [-0.25, -0.2) is 17.5 Å². The average molecular weight is 582 g/mol. The van der Waals surface area contributed by atoms with Crippen LogP contribution in [0.15, 0.2) is 83.8 Å². The van der Waals surface area contributed by atoms with Crippen LogP contribution < -0.4 is 10.0 Å². The highest BCUT2D eigenvalue weighted by atomic mass is 32.2. The molecule has 3 aromatic carbocycles. The summed E-state index contributed by atoms with van der Waals surface area (Å²) in [6, 6.07) is 20.4. The van der Waals surface area contributed by atoms with Gasteiger partial charge in [0.05, 0.1) is 11.0 Å². The molecule has 1 fully saturated rings. The van der Waals surface area contributed by atoms with Gasteiger partial charge in [0.2, 0.25) is 21.8 Å². The number of hydrogen-bond acceptors (Lipinski definition) is 5. The summed E-state index contributed by atoms with van der Waals surface area (Å²) in [6.07, 6.45) is 2.18. The number of nitrogens with zero attached hydrogens (tertiary/aromatic N) is 1. The third-order valence-electron chi connectivity index (χ3n) is 6.99. The molecule has 41 heavy (non-hydrogen) atoms. The van der Waals surface area contributed by atoms with Gasteiger partial charge in [0.15, 0.2) is 0 Å². The first-order chi connectivity index (χ1) is 19.8. The molecular formula is C31H36FN3O5S. The van der Waals surface area contributed by atoms with Gasteiger partial charge in [0, 0.05) is 32.7 Å². The lowest BCUT2D eigenvalue weighted by atomic mass is 10.0. The van der Waals surface area contributed by atoms with Crippen molar-refractivity contribution in [1.82, 2.24) is 14.9 Å². The smallest absolute Gasteiger partial charge is 0.247 e. The molecule has 218 valence electrons. The summed E-state index contributed by atoms with van der Waals surface area (Å²) in [7, 11) is -3.58. The lowest BCUT2D eigenvalue weighted by Crippen LogP contribution is -2.45. The summed E-state index contributed by atoms with van der Waals surface area (Å²) in [5.41, 5.74) is 2.13. The van der Waals surface area contributed by atoms with Gasteiger partial charge in [-0.15, -0.1) is 0 Å². The van der Waals surface area contributed by atoms with Crippen LogP contribution in [0, 0.1) is 5.82 Å². The highest BCUT2D eigenvalue weighted by Crippen LogP contribution is 2.26. The molecule has 3 aromatic rings. The fourth-order valence-corrected chi connectivity index (χ4v) is 5.88. The minimum absolute atomic E-state index is 0.0593. The highest BCUT2D eigenvalue weighted by molar-refractivity contribution is 7.89. The molecule has 1 saturated heterocycles. The average Bonchev–Trinajstić information content (AvgIpc) is 3.50. The Kier molecular flexibility index (Phi) is 10.6. The number of amides is 2. The van der Waals surface area contributed by atoms with Crippen LogP contribution in [0.25, 0.3) is 0 Å². The Morgan fingerprint density at radius 1 is 1.00 bits per heavy atom. The molecule has 0 bridgehead atoms. The van der Waals surface area contributed by atoms with Crippen molar-refractivity contribution in [3.05, 3.63) is 101 Å². The van der Waals surface area contributed by atoms with E-state index in [1.807, 2.05) is 30.3 Å². The van der Waals surface area contributed by atoms with E-state index in [9.17, 15) is 22.4 Å². The predicted octanol–water partition coefficient (Wildman–Crippen LogP) is 4.12. The Labute approximate surface area is 241 Å². The number of benzene rings is 3. The van der Waals surface area contributed by atoms with Gasteiger partial charge in [-0.2, -0.15) is 0 Å². The molecule has 8 nitrogen and oxygen atoms in total. The maximum Gasteiger partial charge on any atom is 0.247 e. The highest BCUT2D eigenvalue weighted by Gasteiger charge is 2.32. The largest absolute Gasteiger partial charge is 0.376 e. The van der Waals surface area contributed by atoms with Crippen molar-refractivity contribution >= 4 is 21.8 Å². The predicted molar refractivity (Wildman–Crippen MR) is 154 cm³/mol. The van der Waals surface area contributed by atoms with Crippen molar-refractivity contribution in [1.29, 1.82) is 0 Å². The van der Waals surface area contributed by atoms with Crippen LogP contribution in [-0.2, 0) is 37.3 Å². The first-order valence-corrected chi connectivity index (χ1v) is 15.3. The van der Waals surface area contributed by atoms with Gasteiger partial charge in [-0.05, 0) is 60.2 Å². The number of nitrogens with one attached hydrogen (secondary N) is 2. The van der Waals surface area contributed by atoms with E-state index in [1.165, 1.54) is 29.2 Å². The minimum Gasteiger partial charge on any atom is -0.376 e. The van der Waals surface area contributed by atoms with E-state index < -0.39 is 16.1 Å². The standard InChI is InChI=1S/C31H36FN3O5S/c1-2-34-41(38,39)28-17-12-23(13-18-28)14-19-29(36)35(22-24-10-15-26(32)16-11-24)30(25-7-4-3-5-8-25)31(37)33-21-27-9-6-20-40-27/h3-5,7-8,10-13,15-18,27,30,34H,2,6,9,14,19-22H2,1H3,(H,33,37)/t27-,30+/m1/s1. The number of carbonyl (C=O) groups excluding carboxylic acids is 2. The zero-order valence-electron chi connectivity index (χ0n) is 23.1. The van der Waals surface area contributed by atoms with Crippen LogP contribution in [0.1, 0.15) is 48.9 Å². The second kappa shape index (κ2) is 14.3. The molecule has 0 radical (unpaired) electrons. The summed E-state index contributed by atoms with van der Waals surface area (Å²) in [6.45, 7) is 3.11. The molecule has 1 aliphatic rings. The molecule has 1 heterocycles. The molecule has 10 heteroatoms. The summed E-state index contributed by atoms with van der Waals surface area (Å²) < 4.78 is 46.3. The molecular weight excluding hydrogens is 545 g/mol. The van der Waals surface area contributed by atoms with Gasteiger partial charge in [0.1, 0.15) is 11.9 Å². The van der Waals surface area contributed by atoms with Gasteiger partial charge in [0.25, 0.3) is 0 Å². The van der Waals surface area contributed by atoms with Crippen molar-refractivity contribution in [2.75, 3.05) is 19.7 Å². The Morgan fingerprint density at radius 2 is 1.68 bits per heavy atom. The third kappa shape index (κ3) is 8.45. The van der Waals surface area contributed by atoms with Crippen molar-refractivity contribution < 1.29 is 27.1 Å². The van der Waals surface area contributed by atoms with E-state index in [4.69, 9.17) is 4.74 Å². The van der Waals surface area contributed by atoms with Crippen LogP contribution >= 0.6 is 0 Å². The van der Waals surface area contributed by atoms with Crippen molar-refractivity contribution in [2.24, 2.45) is 0 Å². The zero-order valence-corrected chi connectivity index (χ0v) is 23.9. The van der Waals surface area contributed by atoms with Crippen molar-refractivity contribution in [2.45, 2.75) is 56.2 Å².